The third-order valence-corrected chi connectivity index (χ3v) is 1.12. The summed E-state index contributed by atoms with van der Waals surface area (Å²) in [6, 6.07) is -0.412. The summed E-state index contributed by atoms with van der Waals surface area (Å²) < 4.78 is 23.4. The van der Waals surface area contributed by atoms with Crippen LogP contribution in [0.25, 0.3) is 0 Å². The van der Waals surface area contributed by atoms with Gasteiger partial charge in [0.2, 0.25) is 0 Å². The number of nitrogens with zero attached hydrogens (tertiary/aromatic N) is 2. The molecule has 0 aliphatic rings. The minimum atomic E-state index is -2.47. The summed E-state index contributed by atoms with van der Waals surface area (Å²) in [5.41, 5.74) is 0. The molecule has 0 bridgehead atoms. The Morgan fingerprint density at radius 3 is 2.09 bits per heavy atom. The Balaban J connectivity index is 3.83. The van der Waals surface area contributed by atoms with E-state index < -0.39 is 19.0 Å². The summed E-state index contributed by atoms with van der Waals surface area (Å²) in [5, 5.41) is 0. The minimum absolute atomic E-state index is 0.412. The zero-order valence-electron chi connectivity index (χ0n) is 6.84. The molecule has 0 aromatic heterocycles. The molecule has 5 heteroatoms. The van der Waals surface area contributed by atoms with Crippen LogP contribution in [0.3, 0.4) is 0 Å². The van der Waals surface area contributed by atoms with Crippen molar-refractivity contribution in [2.24, 2.45) is 0 Å². The van der Waals surface area contributed by atoms with Crippen LogP contribution in [-0.4, -0.2) is 49.9 Å². The molecule has 0 fully saturated rings. The van der Waals surface area contributed by atoms with Crippen molar-refractivity contribution in [1.29, 1.82) is 0 Å². The molecule has 0 unspecified atom stereocenters. The monoisotopic (exact) mass is 166 g/mol. The Kier molecular flexibility index (Phi) is 3.78. The smallest absolute Gasteiger partial charge is 0.319 e. The molecule has 0 heterocycles. The first-order valence-corrected chi connectivity index (χ1v) is 3.15. The average molecular weight is 166 g/mol. The van der Waals surface area contributed by atoms with Gasteiger partial charge in [0.05, 0.1) is 6.54 Å². The molecule has 0 spiro atoms. The van der Waals surface area contributed by atoms with Gasteiger partial charge in [0, 0.05) is 21.1 Å². The van der Waals surface area contributed by atoms with Crippen molar-refractivity contribution >= 4 is 6.03 Å². The van der Waals surface area contributed by atoms with Gasteiger partial charge in [0.1, 0.15) is 0 Å². The zero-order chi connectivity index (χ0) is 9.02. The van der Waals surface area contributed by atoms with Crippen LogP contribution in [0.15, 0.2) is 0 Å². The van der Waals surface area contributed by atoms with Gasteiger partial charge in [-0.1, -0.05) is 0 Å². The molecule has 66 valence electrons. The predicted molar refractivity (Wildman–Crippen MR) is 37.7 cm³/mol. The van der Waals surface area contributed by atoms with Gasteiger partial charge in [-0.2, -0.15) is 0 Å². The highest BCUT2D eigenvalue weighted by Gasteiger charge is 2.14. The van der Waals surface area contributed by atoms with Crippen molar-refractivity contribution in [3.8, 4) is 0 Å². The van der Waals surface area contributed by atoms with Gasteiger partial charge < -0.3 is 9.80 Å². The first-order chi connectivity index (χ1) is 4.95. The van der Waals surface area contributed by atoms with Crippen molar-refractivity contribution in [3.05, 3.63) is 0 Å². The minimum Gasteiger partial charge on any atom is -0.331 e. The van der Waals surface area contributed by atoms with Crippen LogP contribution in [0.4, 0.5) is 13.6 Å². The van der Waals surface area contributed by atoms with Gasteiger partial charge in [0.25, 0.3) is 6.43 Å². The quantitative estimate of drug-likeness (QED) is 0.597. The Morgan fingerprint density at radius 1 is 1.36 bits per heavy atom. The summed E-state index contributed by atoms with van der Waals surface area (Å²) in [7, 11) is 4.38. The number of rotatable bonds is 2. The third kappa shape index (κ3) is 3.75. The summed E-state index contributed by atoms with van der Waals surface area (Å²) in [5.74, 6) is 0. The SMILES string of the molecule is CN(C)C(=O)N(C)CC(F)F. The second-order valence-electron chi connectivity index (χ2n) is 2.45. The molecule has 0 aliphatic carbocycles. The lowest BCUT2D eigenvalue weighted by Gasteiger charge is -2.20. The van der Waals surface area contributed by atoms with Gasteiger partial charge in [-0.25, -0.2) is 13.6 Å². The molecule has 0 atom stereocenters. The summed E-state index contributed by atoms with van der Waals surface area (Å²) >= 11 is 0. The average Bonchev–Trinajstić information content (AvgIpc) is 1.84. The van der Waals surface area contributed by atoms with Gasteiger partial charge >= 0.3 is 6.03 Å². The molecule has 0 rings (SSSR count). The number of carbonyl (C=O) groups excluding carboxylic acids is 1. The molecule has 0 aliphatic heterocycles. The number of urea groups is 1. The largest absolute Gasteiger partial charge is 0.331 e. The number of hydrogen-bond acceptors (Lipinski definition) is 1. The van der Waals surface area contributed by atoms with Gasteiger partial charge in [-0.15, -0.1) is 0 Å². The normalized spacial score (nSPS) is 10.0. The molecular formula is C6H12F2N2O. The van der Waals surface area contributed by atoms with Crippen LogP contribution >= 0.6 is 0 Å². The molecule has 0 saturated heterocycles. The van der Waals surface area contributed by atoms with E-state index in [0.717, 1.165) is 4.90 Å². The van der Waals surface area contributed by atoms with E-state index in [1.165, 1.54) is 26.0 Å². The van der Waals surface area contributed by atoms with Crippen LogP contribution in [0.2, 0.25) is 0 Å². The molecule has 11 heavy (non-hydrogen) atoms. The second-order valence-corrected chi connectivity index (χ2v) is 2.45. The van der Waals surface area contributed by atoms with Crippen LogP contribution in [0, 0.1) is 0 Å². The summed E-state index contributed by atoms with van der Waals surface area (Å²) in [6.07, 6.45) is -2.47. The second kappa shape index (κ2) is 4.10. The standard InChI is InChI=1S/C6H12F2N2O/c1-9(2)6(11)10(3)4-5(7)8/h5H,4H2,1-3H3. The van der Waals surface area contributed by atoms with Crippen molar-refractivity contribution in [2.45, 2.75) is 6.43 Å². The van der Waals surface area contributed by atoms with E-state index in [1.807, 2.05) is 0 Å². The summed E-state index contributed by atoms with van der Waals surface area (Å²) in [6.45, 7) is -0.517. The van der Waals surface area contributed by atoms with E-state index in [9.17, 15) is 13.6 Å². The highest BCUT2D eigenvalue weighted by Crippen LogP contribution is 1.97. The van der Waals surface area contributed by atoms with Crippen molar-refractivity contribution in [2.75, 3.05) is 27.7 Å². The topological polar surface area (TPSA) is 23.6 Å². The fraction of sp³-hybridized carbons (Fsp3) is 0.833. The summed E-state index contributed by atoms with van der Waals surface area (Å²) in [4.78, 5) is 13.1. The maximum atomic E-state index is 11.7. The van der Waals surface area contributed by atoms with Gasteiger partial charge in [0.15, 0.2) is 0 Å². The fourth-order valence-corrected chi connectivity index (χ4v) is 0.627. The lowest BCUT2D eigenvalue weighted by atomic mass is 10.6. The van der Waals surface area contributed by atoms with Gasteiger partial charge in [-0.3, -0.25) is 0 Å². The number of alkyl halides is 2. The molecule has 3 nitrogen and oxygen atoms in total. The van der Waals surface area contributed by atoms with Crippen molar-refractivity contribution in [1.82, 2.24) is 9.80 Å². The number of carbonyl (C=O) groups is 1. The molecule has 0 saturated carbocycles. The Bertz CT molecular complexity index is 139. The van der Waals surface area contributed by atoms with Gasteiger partial charge in [-0.05, 0) is 0 Å². The molecule has 0 aromatic carbocycles. The molecule has 0 aromatic rings. The maximum Gasteiger partial charge on any atom is 0.319 e. The maximum absolute atomic E-state index is 11.7. The van der Waals surface area contributed by atoms with Crippen LogP contribution in [-0.2, 0) is 0 Å². The van der Waals surface area contributed by atoms with E-state index in [2.05, 4.69) is 0 Å². The molecule has 0 N–H and O–H groups in total. The molecular weight excluding hydrogens is 154 g/mol. The zero-order valence-corrected chi connectivity index (χ0v) is 6.84. The first kappa shape index (κ1) is 10.1. The van der Waals surface area contributed by atoms with E-state index in [4.69, 9.17) is 0 Å². The fourth-order valence-electron chi connectivity index (χ4n) is 0.627. The molecule has 2 amide bonds. The van der Waals surface area contributed by atoms with Crippen LogP contribution < -0.4 is 0 Å². The Morgan fingerprint density at radius 2 is 1.82 bits per heavy atom. The number of hydrogen-bond donors (Lipinski definition) is 0. The van der Waals surface area contributed by atoms with Crippen LogP contribution in [0.1, 0.15) is 0 Å². The Labute approximate surface area is 64.6 Å². The first-order valence-electron chi connectivity index (χ1n) is 3.15. The van der Waals surface area contributed by atoms with E-state index in [-0.39, 0.29) is 0 Å². The Hall–Kier alpha value is -0.870. The number of amides is 2. The van der Waals surface area contributed by atoms with Crippen molar-refractivity contribution in [3.63, 3.8) is 0 Å². The van der Waals surface area contributed by atoms with Crippen molar-refractivity contribution < 1.29 is 13.6 Å². The van der Waals surface area contributed by atoms with E-state index >= 15 is 0 Å². The number of halogens is 2. The predicted octanol–water partition coefficient (Wildman–Crippen LogP) is 0.865. The highest BCUT2D eigenvalue weighted by molar-refractivity contribution is 5.73. The molecule has 0 radical (unpaired) electrons. The lowest BCUT2D eigenvalue weighted by molar-refractivity contribution is 0.100. The van der Waals surface area contributed by atoms with E-state index in [0.29, 0.717) is 0 Å². The van der Waals surface area contributed by atoms with E-state index in [1.54, 1.807) is 0 Å². The lowest BCUT2D eigenvalue weighted by Crippen LogP contribution is -2.38. The highest BCUT2D eigenvalue weighted by atomic mass is 19.3. The third-order valence-electron chi connectivity index (χ3n) is 1.12. The van der Waals surface area contributed by atoms with Crippen LogP contribution in [0.5, 0.6) is 0 Å².